The smallest absolute Gasteiger partial charge is 0.120 e. The zero-order valence-electron chi connectivity index (χ0n) is 9.71. The number of benzene rings is 1. The third-order valence-electron chi connectivity index (χ3n) is 2.56. The first kappa shape index (κ1) is 13.8. The molecule has 17 heavy (non-hydrogen) atoms. The summed E-state index contributed by atoms with van der Waals surface area (Å²) >= 11 is 0. The van der Waals surface area contributed by atoms with Crippen molar-refractivity contribution in [3.05, 3.63) is 23.8 Å². The van der Waals surface area contributed by atoms with Gasteiger partial charge >= 0.3 is 0 Å². The molecule has 0 radical (unpaired) electrons. The van der Waals surface area contributed by atoms with Crippen molar-refractivity contribution in [3.8, 4) is 5.75 Å². The van der Waals surface area contributed by atoms with Gasteiger partial charge < -0.3 is 25.3 Å². The molecule has 0 aliphatic rings. The van der Waals surface area contributed by atoms with E-state index in [-0.39, 0.29) is 25.6 Å². The molecule has 5 heteroatoms. The second kappa shape index (κ2) is 7.11. The van der Waals surface area contributed by atoms with Gasteiger partial charge in [0.15, 0.2) is 0 Å². The van der Waals surface area contributed by atoms with Crippen molar-refractivity contribution in [1.29, 1.82) is 0 Å². The zero-order chi connectivity index (χ0) is 12.7. The molecule has 1 aromatic rings. The van der Waals surface area contributed by atoms with E-state index in [0.29, 0.717) is 25.1 Å². The number of phenols is 1. The molecule has 0 unspecified atom stereocenters. The summed E-state index contributed by atoms with van der Waals surface area (Å²) in [7, 11) is 0. The topological polar surface area (TPSA) is 84.2 Å². The Morgan fingerprint density at radius 3 is 2.06 bits per heavy atom. The minimum absolute atomic E-state index is 0.0100. The number of aliphatic hydroxyl groups excluding tert-OH is 3. The van der Waals surface area contributed by atoms with Crippen LogP contribution in [-0.2, 0) is 6.42 Å². The Kier molecular flexibility index (Phi) is 5.76. The highest BCUT2D eigenvalue weighted by Crippen LogP contribution is 2.24. The number of hydrogen-bond acceptors (Lipinski definition) is 5. The van der Waals surface area contributed by atoms with Gasteiger partial charge in [-0.2, -0.15) is 0 Å². The largest absolute Gasteiger partial charge is 0.508 e. The Morgan fingerprint density at radius 2 is 1.59 bits per heavy atom. The minimum Gasteiger partial charge on any atom is -0.508 e. The van der Waals surface area contributed by atoms with Crippen molar-refractivity contribution in [2.75, 3.05) is 37.8 Å². The molecule has 5 nitrogen and oxygen atoms in total. The molecule has 0 aromatic heterocycles. The molecular formula is C12H19NO4. The lowest BCUT2D eigenvalue weighted by atomic mass is 10.1. The van der Waals surface area contributed by atoms with E-state index in [2.05, 4.69) is 0 Å². The van der Waals surface area contributed by atoms with Crippen molar-refractivity contribution in [1.82, 2.24) is 0 Å². The first-order valence-corrected chi connectivity index (χ1v) is 5.62. The summed E-state index contributed by atoms with van der Waals surface area (Å²) in [5, 5.41) is 36.4. The first-order valence-electron chi connectivity index (χ1n) is 5.62. The van der Waals surface area contributed by atoms with Crippen LogP contribution < -0.4 is 4.90 Å². The summed E-state index contributed by atoms with van der Waals surface area (Å²) in [6.07, 6.45) is 0.409. The number of anilines is 1. The van der Waals surface area contributed by atoms with Gasteiger partial charge in [0.05, 0.1) is 13.2 Å². The van der Waals surface area contributed by atoms with Gasteiger partial charge in [-0.15, -0.1) is 0 Å². The van der Waals surface area contributed by atoms with Gasteiger partial charge in [-0.05, 0) is 18.1 Å². The van der Waals surface area contributed by atoms with E-state index < -0.39 is 0 Å². The number of phenolic OH excluding ortho intramolecular Hbond substituents is 1. The van der Waals surface area contributed by atoms with Crippen molar-refractivity contribution in [2.24, 2.45) is 0 Å². The molecule has 4 N–H and O–H groups in total. The van der Waals surface area contributed by atoms with E-state index in [1.807, 2.05) is 0 Å². The highest BCUT2D eigenvalue weighted by atomic mass is 16.3. The van der Waals surface area contributed by atoms with E-state index in [4.69, 9.17) is 15.3 Å². The van der Waals surface area contributed by atoms with Crippen molar-refractivity contribution in [3.63, 3.8) is 0 Å². The number of nitrogens with zero attached hydrogens (tertiary/aromatic N) is 1. The average molecular weight is 241 g/mol. The van der Waals surface area contributed by atoms with Crippen LogP contribution in [-0.4, -0.2) is 53.3 Å². The quantitative estimate of drug-likeness (QED) is 0.527. The molecule has 0 aliphatic heterocycles. The molecule has 0 amide bonds. The number of aliphatic hydroxyl groups is 3. The SMILES string of the molecule is OCCc1ccc(N(CCO)CCO)cc1O. The van der Waals surface area contributed by atoms with Crippen molar-refractivity contribution < 1.29 is 20.4 Å². The van der Waals surface area contributed by atoms with E-state index >= 15 is 0 Å². The highest BCUT2D eigenvalue weighted by Gasteiger charge is 2.08. The second-order valence-electron chi connectivity index (χ2n) is 3.72. The van der Waals surface area contributed by atoms with Crippen LogP contribution in [0.1, 0.15) is 5.56 Å². The Hall–Kier alpha value is -1.30. The fraction of sp³-hybridized carbons (Fsp3) is 0.500. The van der Waals surface area contributed by atoms with Crippen LogP contribution in [0.5, 0.6) is 5.75 Å². The molecule has 1 aromatic carbocycles. The summed E-state index contributed by atoms with van der Waals surface area (Å²) in [6, 6.07) is 5.12. The van der Waals surface area contributed by atoms with Crippen molar-refractivity contribution in [2.45, 2.75) is 6.42 Å². The second-order valence-corrected chi connectivity index (χ2v) is 3.72. The van der Waals surface area contributed by atoms with E-state index in [1.54, 1.807) is 23.1 Å². The van der Waals surface area contributed by atoms with E-state index in [1.165, 1.54) is 0 Å². The predicted octanol–water partition coefficient (Wildman–Crippen LogP) is -0.282. The average Bonchev–Trinajstić information content (AvgIpc) is 2.32. The summed E-state index contributed by atoms with van der Waals surface area (Å²) in [5.41, 5.74) is 1.43. The molecule has 0 bridgehead atoms. The van der Waals surface area contributed by atoms with E-state index in [0.717, 1.165) is 5.69 Å². The fourth-order valence-electron chi connectivity index (χ4n) is 1.69. The van der Waals surface area contributed by atoms with E-state index in [9.17, 15) is 5.11 Å². The van der Waals surface area contributed by atoms with Crippen LogP contribution in [0, 0.1) is 0 Å². The van der Waals surface area contributed by atoms with Crippen LogP contribution in [0.3, 0.4) is 0 Å². The highest BCUT2D eigenvalue weighted by molar-refractivity contribution is 5.53. The standard InChI is InChI=1S/C12H19NO4/c14-6-3-10-1-2-11(9-12(10)17)13(4-7-15)5-8-16/h1-2,9,14-17H,3-8H2. The molecule has 0 aliphatic carbocycles. The number of rotatable bonds is 7. The van der Waals surface area contributed by atoms with Gasteiger partial charge in [-0.25, -0.2) is 0 Å². The lowest BCUT2D eigenvalue weighted by Crippen LogP contribution is -2.29. The van der Waals surface area contributed by atoms with Gasteiger partial charge in [0.2, 0.25) is 0 Å². The summed E-state index contributed by atoms with van der Waals surface area (Å²) in [6.45, 7) is 0.765. The van der Waals surface area contributed by atoms with Gasteiger partial charge in [-0.3, -0.25) is 0 Å². The minimum atomic E-state index is -0.0147. The van der Waals surface area contributed by atoms with Crippen LogP contribution in [0.25, 0.3) is 0 Å². The predicted molar refractivity (Wildman–Crippen MR) is 65.3 cm³/mol. The van der Waals surface area contributed by atoms with Crippen LogP contribution in [0.4, 0.5) is 5.69 Å². The molecule has 0 atom stereocenters. The molecule has 1 rings (SSSR count). The third-order valence-corrected chi connectivity index (χ3v) is 2.56. The molecule has 0 spiro atoms. The molecule has 0 heterocycles. The first-order chi connectivity index (χ1) is 8.22. The molecule has 0 saturated carbocycles. The van der Waals surface area contributed by atoms with Gasteiger partial charge in [-0.1, -0.05) is 6.07 Å². The Morgan fingerprint density at radius 1 is 0.941 bits per heavy atom. The van der Waals surface area contributed by atoms with Crippen LogP contribution in [0.15, 0.2) is 18.2 Å². The Bertz CT molecular complexity index is 337. The number of aromatic hydroxyl groups is 1. The van der Waals surface area contributed by atoms with Crippen LogP contribution >= 0.6 is 0 Å². The van der Waals surface area contributed by atoms with Gasteiger partial charge in [0, 0.05) is 31.5 Å². The molecule has 0 fully saturated rings. The van der Waals surface area contributed by atoms with Gasteiger partial charge in [0.1, 0.15) is 5.75 Å². The van der Waals surface area contributed by atoms with Crippen LogP contribution in [0.2, 0.25) is 0 Å². The maximum Gasteiger partial charge on any atom is 0.120 e. The molecular weight excluding hydrogens is 222 g/mol. The lowest BCUT2D eigenvalue weighted by molar-refractivity contribution is 0.281. The summed E-state index contributed by atoms with van der Waals surface area (Å²) in [4.78, 5) is 1.78. The Balaban J connectivity index is 2.85. The zero-order valence-corrected chi connectivity index (χ0v) is 9.71. The van der Waals surface area contributed by atoms with Gasteiger partial charge in [0.25, 0.3) is 0 Å². The number of hydrogen-bond donors (Lipinski definition) is 4. The lowest BCUT2D eigenvalue weighted by Gasteiger charge is -2.23. The summed E-state index contributed by atoms with van der Waals surface area (Å²) in [5.74, 6) is 0.123. The molecule has 0 saturated heterocycles. The summed E-state index contributed by atoms with van der Waals surface area (Å²) < 4.78 is 0. The fourth-order valence-corrected chi connectivity index (χ4v) is 1.69. The monoisotopic (exact) mass is 241 g/mol. The Labute approximate surface area is 101 Å². The van der Waals surface area contributed by atoms with Crippen molar-refractivity contribution >= 4 is 5.69 Å². The maximum absolute atomic E-state index is 9.75. The normalized spacial score (nSPS) is 10.5. The maximum atomic E-state index is 9.75. The third kappa shape index (κ3) is 3.89. The molecule has 96 valence electrons.